The van der Waals surface area contributed by atoms with Gasteiger partial charge in [0.1, 0.15) is 11.3 Å². The van der Waals surface area contributed by atoms with Crippen molar-refractivity contribution in [2.24, 2.45) is 5.73 Å². The molecule has 1 heterocycles. The molecule has 0 bridgehead atoms. The Kier molecular flexibility index (Phi) is 3.31. The zero-order chi connectivity index (χ0) is 12.6. The lowest BCUT2D eigenvalue weighted by molar-refractivity contribution is 0.631. The molecule has 4 heteroatoms. The first-order valence-corrected chi connectivity index (χ1v) is 5.86. The molecule has 2 N–H and O–H groups in total. The summed E-state index contributed by atoms with van der Waals surface area (Å²) < 4.78 is 13.9. The maximum Gasteiger partial charge on any atom is 0.149 e. The Hall–Kier alpha value is -1.19. The largest absolute Gasteiger partial charge is 0.328 e. The molecule has 0 saturated heterocycles. The van der Waals surface area contributed by atoms with Crippen LogP contribution < -0.4 is 5.73 Å². The van der Waals surface area contributed by atoms with Crippen LogP contribution in [0.3, 0.4) is 0 Å². The molecule has 90 valence electrons. The van der Waals surface area contributed by atoms with E-state index in [-0.39, 0.29) is 11.9 Å². The summed E-state index contributed by atoms with van der Waals surface area (Å²) >= 11 is 6.10. The van der Waals surface area contributed by atoms with Gasteiger partial charge in [0.15, 0.2) is 0 Å². The topological polar surface area (TPSA) is 38.9 Å². The highest BCUT2D eigenvalue weighted by molar-refractivity contribution is 6.35. The predicted octanol–water partition coefficient (Wildman–Crippen LogP) is 3.23. The minimum Gasteiger partial charge on any atom is -0.328 e. The maximum absolute atomic E-state index is 13.9. The van der Waals surface area contributed by atoms with Crippen LogP contribution in [0.1, 0.15) is 18.2 Å². The lowest BCUT2D eigenvalue weighted by atomic mass is 10.0. The second-order valence-electron chi connectivity index (χ2n) is 4.40. The predicted molar refractivity (Wildman–Crippen MR) is 68.8 cm³/mol. The van der Waals surface area contributed by atoms with Crippen molar-refractivity contribution in [2.45, 2.75) is 26.3 Å². The third-order valence-electron chi connectivity index (χ3n) is 2.56. The highest BCUT2D eigenvalue weighted by Crippen LogP contribution is 2.26. The Morgan fingerprint density at radius 1 is 1.41 bits per heavy atom. The SMILES string of the molecule is Cc1cc(Cl)c2cc(CC(C)N)cc(F)c2n1. The summed E-state index contributed by atoms with van der Waals surface area (Å²) in [6.45, 7) is 3.68. The molecule has 0 spiro atoms. The van der Waals surface area contributed by atoms with E-state index in [9.17, 15) is 4.39 Å². The molecule has 0 aliphatic heterocycles. The van der Waals surface area contributed by atoms with Gasteiger partial charge in [0.05, 0.1) is 5.02 Å². The average molecular weight is 253 g/mol. The third kappa shape index (κ3) is 2.56. The normalized spacial score (nSPS) is 13.0. The fourth-order valence-corrected chi connectivity index (χ4v) is 2.21. The summed E-state index contributed by atoms with van der Waals surface area (Å²) in [7, 11) is 0. The van der Waals surface area contributed by atoms with Crippen LogP contribution in [0.4, 0.5) is 4.39 Å². The molecule has 17 heavy (non-hydrogen) atoms. The van der Waals surface area contributed by atoms with Gasteiger partial charge in [-0.1, -0.05) is 11.6 Å². The standard InChI is InChI=1S/C13H14ClFN2/c1-7(16)3-9-5-10-11(14)4-8(2)17-13(10)12(15)6-9/h4-7H,3,16H2,1-2H3. The van der Waals surface area contributed by atoms with E-state index >= 15 is 0 Å². The molecule has 2 rings (SSSR count). The van der Waals surface area contributed by atoms with Crippen LogP contribution in [0.5, 0.6) is 0 Å². The minimum absolute atomic E-state index is 0.0102. The van der Waals surface area contributed by atoms with Gasteiger partial charge in [-0.15, -0.1) is 0 Å². The summed E-state index contributed by atoms with van der Waals surface area (Å²) in [4.78, 5) is 4.17. The first kappa shape index (κ1) is 12.3. The molecule has 1 aromatic heterocycles. The number of hydrogen-bond donors (Lipinski definition) is 1. The van der Waals surface area contributed by atoms with Gasteiger partial charge >= 0.3 is 0 Å². The van der Waals surface area contributed by atoms with Gasteiger partial charge in [-0.25, -0.2) is 9.37 Å². The highest BCUT2D eigenvalue weighted by atomic mass is 35.5. The van der Waals surface area contributed by atoms with Crippen molar-refractivity contribution in [3.63, 3.8) is 0 Å². The molecule has 2 nitrogen and oxygen atoms in total. The van der Waals surface area contributed by atoms with Gasteiger partial charge in [-0.05, 0) is 44.0 Å². The summed E-state index contributed by atoms with van der Waals surface area (Å²) in [6, 6.07) is 5.06. The molecule has 1 aromatic carbocycles. The molecule has 0 amide bonds. The van der Waals surface area contributed by atoms with Crippen LogP contribution in [0.2, 0.25) is 5.02 Å². The Morgan fingerprint density at radius 3 is 2.76 bits per heavy atom. The Bertz CT molecular complexity index is 567. The van der Waals surface area contributed by atoms with Crippen molar-refractivity contribution >= 4 is 22.5 Å². The number of aromatic nitrogens is 1. The van der Waals surface area contributed by atoms with Crippen LogP contribution in [-0.4, -0.2) is 11.0 Å². The fourth-order valence-electron chi connectivity index (χ4n) is 1.91. The number of nitrogens with zero attached hydrogens (tertiary/aromatic N) is 1. The monoisotopic (exact) mass is 252 g/mol. The van der Waals surface area contributed by atoms with E-state index in [2.05, 4.69) is 4.98 Å². The van der Waals surface area contributed by atoms with Gasteiger partial charge in [0, 0.05) is 17.1 Å². The van der Waals surface area contributed by atoms with Crippen molar-refractivity contribution in [3.05, 3.63) is 40.3 Å². The van der Waals surface area contributed by atoms with Crippen LogP contribution in [0.15, 0.2) is 18.2 Å². The quantitative estimate of drug-likeness (QED) is 0.891. The number of fused-ring (bicyclic) bond motifs is 1. The lowest BCUT2D eigenvalue weighted by Crippen LogP contribution is -2.17. The van der Waals surface area contributed by atoms with Crippen LogP contribution in [0.25, 0.3) is 10.9 Å². The maximum atomic E-state index is 13.9. The van der Waals surface area contributed by atoms with E-state index in [0.717, 1.165) is 5.56 Å². The van der Waals surface area contributed by atoms with Gasteiger partial charge in [0.25, 0.3) is 0 Å². The fraction of sp³-hybridized carbons (Fsp3) is 0.308. The summed E-state index contributed by atoms with van der Waals surface area (Å²) in [5.41, 5.74) is 7.59. The van der Waals surface area contributed by atoms with Gasteiger partial charge in [0.2, 0.25) is 0 Å². The second-order valence-corrected chi connectivity index (χ2v) is 4.81. The molecule has 0 saturated carbocycles. The molecule has 0 aliphatic carbocycles. The Balaban J connectivity index is 2.64. The summed E-state index contributed by atoms with van der Waals surface area (Å²) in [6.07, 6.45) is 0.622. The van der Waals surface area contributed by atoms with E-state index in [4.69, 9.17) is 17.3 Å². The van der Waals surface area contributed by atoms with Crippen LogP contribution in [0, 0.1) is 12.7 Å². The molecular weight excluding hydrogens is 239 g/mol. The van der Waals surface area contributed by atoms with Crippen molar-refractivity contribution in [1.29, 1.82) is 0 Å². The molecule has 2 aromatic rings. The van der Waals surface area contributed by atoms with E-state index < -0.39 is 0 Å². The number of nitrogens with two attached hydrogens (primary N) is 1. The smallest absolute Gasteiger partial charge is 0.149 e. The molecule has 0 aliphatic rings. The zero-order valence-corrected chi connectivity index (χ0v) is 10.6. The number of halogens is 2. The first-order valence-electron chi connectivity index (χ1n) is 5.48. The lowest BCUT2D eigenvalue weighted by Gasteiger charge is -2.09. The molecule has 1 unspecified atom stereocenters. The molecular formula is C13H14ClFN2. The average Bonchev–Trinajstić information content (AvgIpc) is 2.19. The minimum atomic E-state index is -0.344. The summed E-state index contributed by atoms with van der Waals surface area (Å²) in [5, 5.41) is 1.17. The van der Waals surface area contributed by atoms with E-state index in [1.807, 2.05) is 13.0 Å². The third-order valence-corrected chi connectivity index (χ3v) is 2.87. The van der Waals surface area contributed by atoms with E-state index in [1.165, 1.54) is 6.07 Å². The van der Waals surface area contributed by atoms with Gasteiger partial charge in [-0.3, -0.25) is 0 Å². The molecule has 0 radical (unpaired) electrons. The number of hydrogen-bond acceptors (Lipinski definition) is 2. The van der Waals surface area contributed by atoms with Crippen LogP contribution in [-0.2, 0) is 6.42 Å². The number of rotatable bonds is 2. The van der Waals surface area contributed by atoms with Crippen LogP contribution >= 0.6 is 11.6 Å². The van der Waals surface area contributed by atoms with Crippen molar-refractivity contribution < 1.29 is 4.39 Å². The van der Waals surface area contributed by atoms with Crippen molar-refractivity contribution in [1.82, 2.24) is 4.98 Å². The van der Waals surface area contributed by atoms with E-state index in [0.29, 0.717) is 28.0 Å². The van der Waals surface area contributed by atoms with Gasteiger partial charge in [-0.2, -0.15) is 0 Å². The zero-order valence-electron chi connectivity index (χ0n) is 9.80. The molecule has 1 atom stereocenters. The number of aryl methyl sites for hydroxylation is 1. The van der Waals surface area contributed by atoms with Crippen molar-refractivity contribution in [2.75, 3.05) is 0 Å². The first-order chi connectivity index (χ1) is 7.97. The number of pyridine rings is 1. The van der Waals surface area contributed by atoms with Gasteiger partial charge < -0.3 is 5.73 Å². The van der Waals surface area contributed by atoms with E-state index in [1.54, 1.807) is 13.0 Å². The highest BCUT2D eigenvalue weighted by Gasteiger charge is 2.10. The molecule has 0 fully saturated rings. The van der Waals surface area contributed by atoms with Crippen molar-refractivity contribution in [3.8, 4) is 0 Å². The Labute approximate surface area is 105 Å². The number of benzene rings is 1. The Morgan fingerprint density at radius 2 is 2.12 bits per heavy atom. The second kappa shape index (κ2) is 4.59. The summed E-state index contributed by atoms with van der Waals surface area (Å²) in [5.74, 6) is -0.344.